The van der Waals surface area contributed by atoms with Crippen LogP contribution in [0, 0.1) is 6.92 Å². The maximum atomic E-state index is 10.7. The lowest BCUT2D eigenvalue weighted by Crippen LogP contribution is -2.33. The molecule has 1 aromatic rings. The van der Waals surface area contributed by atoms with Crippen LogP contribution in [0.4, 0.5) is 5.69 Å². The van der Waals surface area contributed by atoms with Crippen molar-refractivity contribution in [2.75, 3.05) is 18.6 Å². The summed E-state index contributed by atoms with van der Waals surface area (Å²) in [5, 5.41) is 8.81. The standard InChI is InChI=1S/C14H21NO3/c1-10(2)15(8-7-14(16)17)12-9-11(3)5-6-13(12)18-4/h5-6,9-10H,7-8H2,1-4H3,(H,16,17). The number of carboxylic acid groups (broad SMARTS) is 1. The Morgan fingerprint density at radius 3 is 2.61 bits per heavy atom. The number of ether oxygens (including phenoxy) is 1. The van der Waals surface area contributed by atoms with Gasteiger partial charge in [-0.05, 0) is 38.5 Å². The average molecular weight is 251 g/mol. The second-order valence-electron chi connectivity index (χ2n) is 4.61. The smallest absolute Gasteiger partial charge is 0.305 e. The molecule has 1 N–H and O–H groups in total. The van der Waals surface area contributed by atoms with Crippen LogP contribution in [0.15, 0.2) is 18.2 Å². The van der Waals surface area contributed by atoms with Gasteiger partial charge in [0.1, 0.15) is 5.75 Å². The van der Waals surface area contributed by atoms with Crippen molar-refractivity contribution >= 4 is 11.7 Å². The van der Waals surface area contributed by atoms with Gasteiger partial charge >= 0.3 is 5.97 Å². The molecule has 1 aromatic carbocycles. The van der Waals surface area contributed by atoms with Crippen LogP contribution >= 0.6 is 0 Å². The number of carboxylic acids is 1. The summed E-state index contributed by atoms with van der Waals surface area (Å²) >= 11 is 0. The summed E-state index contributed by atoms with van der Waals surface area (Å²) in [6.07, 6.45) is 0.120. The van der Waals surface area contributed by atoms with Gasteiger partial charge in [0.25, 0.3) is 0 Å². The molecule has 0 aliphatic heterocycles. The monoisotopic (exact) mass is 251 g/mol. The molecule has 0 amide bonds. The number of aryl methyl sites for hydroxylation is 1. The van der Waals surface area contributed by atoms with Gasteiger partial charge in [0.05, 0.1) is 19.2 Å². The fourth-order valence-electron chi connectivity index (χ4n) is 1.90. The van der Waals surface area contributed by atoms with Crippen molar-refractivity contribution in [2.45, 2.75) is 33.2 Å². The zero-order valence-electron chi connectivity index (χ0n) is 11.4. The highest BCUT2D eigenvalue weighted by Gasteiger charge is 2.16. The minimum Gasteiger partial charge on any atom is -0.495 e. The molecule has 0 saturated heterocycles. The summed E-state index contributed by atoms with van der Waals surface area (Å²) in [5.41, 5.74) is 2.08. The molecule has 0 aromatic heterocycles. The van der Waals surface area contributed by atoms with Gasteiger partial charge in [0, 0.05) is 12.6 Å². The largest absolute Gasteiger partial charge is 0.495 e. The molecule has 0 heterocycles. The van der Waals surface area contributed by atoms with Crippen molar-refractivity contribution in [1.82, 2.24) is 0 Å². The van der Waals surface area contributed by atoms with E-state index in [1.807, 2.05) is 39.0 Å². The Morgan fingerprint density at radius 1 is 1.44 bits per heavy atom. The number of rotatable bonds is 6. The average Bonchev–Trinajstić information content (AvgIpc) is 2.28. The number of carbonyl (C=O) groups is 1. The highest BCUT2D eigenvalue weighted by Crippen LogP contribution is 2.30. The first kappa shape index (κ1) is 14.4. The molecule has 100 valence electrons. The molecule has 0 radical (unpaired) electrons. The topological polar surface area (TPSA) is 49.8 Å². The molecule has 0 bridgehead atoms. The number of methoxy groups -OCH3 is 1. The van der Waals surface area contributed by atoms with E-state index in [4.69, 9.17) is 9.84 Å². The normalized spacial score (nSPS) is 10.5. The van der Waals surface area contributed by atoms with E-state index in [-0.39, 0.29) is 12.5 Å². The van der Waals surface area contributed by atoms with Crippen molar-refractivity contribution in [3.05, 3.63) is 23.8 Å². The number of aliphatic carboxylic acids is 1. The van der Waals surface area contributed by atoms with Gasteiger partial charge < -0.3 is 14.7 Å². The van der Waals surface area contributed by atoms with Crippen molar-refractivity contribution < 1.29 is 14.6 Å². The maximum Gasteiger partial charge on any atom is 0.305 e. The molecule has 0 saturated carbocycles. The number of benzene rings is 1. The van der Waals surface area contributed by atoms with Crippen LogP contribution in [0.1, 0.15) is 25.8 Å². The summed E-state index contributed by atoms with van der Waals surface area (Å²) in [4.78, 5) is 12.8. The fraction of sp³-hybridized carbons (Fsp3) is 0.500. The van der Waals surface area contributed by atoms with Gasteiger partial charge in [-0.25, -0.2) is 0 Å². The zero-order valence-corrected chi connectivity index (χ0v) is 11.4. The summed E-state index contributed by atoms with van der Waals surface area (Å²) < 4.78 is 5.35. The zero-order chi connectivity index (χ0) is 13.7. The minimum absolute atomic E-state index is 0.120. The predicted octanol–water partition coefficient (Wildman–Crippen LogP) is 2.69. The first-order valence-electron chi connectivity index (χ1n) is 6.08. The van der Waals surface area contributed by atoms with Gasteiger partial charge in [-0.15, -0.1) is 0 Å². The van der Waals surface area contributed by atoms with E-state index < -0.39 is 5.97 Å². The second kappa shape index (κ2) is 6.28. The Balaban J connectivity index is 3.04. The van der Waals surface area contributed by atoms with Crippen LogP contribution in [-0.4, -0.2) is 30.8 Å². The summed E-state index contributed by atoms with van der Waals surface area (Å²) in [5.74, 6) is -0.00745. The van der Waals surface area contributed by atoms with Gasteiger partial charge in [-0.3, -0.25) is 4.79 Å². The fourth-order valence-corrected chi connectivity index (χ4v) is 1.90. The molecule has 0 aliphatic carbocycles. The van der Waals surface area contributed by atoms with Crippen molar-refractivity contribution in [3.63, 3.8) is 0 Å². The minimum atomic E-state index is -0.785. The number of hydrogen-bond acceptors (Lipinski definition) is 3. The van der Waals surface area contributed by atoms with Gasteiger partial charge in [0.15, 0.2) is 0 Å². The highest BCUT2D eigenvalue weighted by molar-refractivity contribution is 5.68. The van der Waals surface area contributed by atoms with E-state index in [1.165, 1.54) is 0 Å². The summed E-state index contributed by atoms with van der Waals surface area (Å²) in [7, 11) is 1.63. The third kappa shape index (κ3) is 3.65. The van der Waals surface area contributed by atoms with Crippen LogP contribution in [-0.2, 0) is 4.79 Å². The molecular formula is C14H21NO3. The Kier molecular flexibility index (Phi) is 5.01. The molecule has 4 heteroatoms. The van der Waals surface area contributed by atoms with Crippen LogP contribution in [0.3, 0.4) is 0 Å². The lowest BCUT2D eigenvalue weighted by molar-refractivity contribution is -0.136. The number of hydrogen-bond donors (Lipinski definition) is 1. The highest BCUT2D eigenvalue weighted by atomic mass is 16.5. The third-order valence-electron chi connectivity index (χ3n) is 2.83. The number of nitrogens with zero attached hydrogens (tertiary/aromatic N) is 1. The van der Waals surface area contributed by atoms with Crippen molar-refractivity contribution in [3.8, 4) is 5.75 Å². The molecule has 0 atom stereocenters. The SMILES string of the molecule is COc1ccc(C)cc1N(CCC(=O)O)C(C)C. The lowest BCUT2D eigenvalue weighted by Gasteiger charge is -2.30. The van der Waals surface area contributed by atoms with E-state index in [0.29, 0.717) is 6.54 Å². The lowest BCUT2D eigenvalue weighted by atomic mass is 10.1. The second-order valence-corrected chi connectivity index (χ2v) is 4.61. The molecule has 18 heavy (non-hydrogen) atoms. The summed E-state index contributed by atoms with van der Waals surface area (Å²) in [6, 6.07) is 6.15. The molecular weight excluding hydrogens is 230 g/mol. The van der Waals surface area contributed by atoms with E-state index in [9.17, 15) is 4.79 Å². The van der Waals surface area contributed by atoms with Crippen molar-refractivity contribution in [1.29, 1.82) is 0 Å². The summed E-state index contributed by atoms with van der Waals surface area (Å²) in [6.45, 7) is 6.58. The Labute approximate surface area is 108 Å². The van der Waals surface area contributed by atoms with Crippen LogP contribution in [0.5, 0.6) is 5.75 Å². The first-order chi connectivity index (χ1) is 8.45. The Bertz CT molecular complexity index is 416. The molecule has 0 unspecified atom stereocenters. The van der Waals surface area contributed by atoms with Crippen LogP contribution < -0.4 is 9.64 Å². The molecule has 4 nitrogen and oxygen atoms in total. The maximum absolute atomic E-state index is 10.7. The van der Waals surface area contributed by atoms with E-state index in [2.05, 4.69) is 4.90 Å². The Morgan fingerprint density at radius 2 is 2.11 bits per heavy atom. The first-order valence-corrected chi connectivity index (χ1v) is 6.08. The molecule has 0 aliphatic rings. The Hall–Kier alpha value is -1.71. The van der Waals surface area contributed by atoms with Gasteiger partial charge in [-0.1, -0.05) is 6.07 Å². The van der Waals surface area contributed by atoms with Gasteiger partial charge in [-0.2, -0.15) is 0 Å². The molecule has 0 fully saturated rings. The van der Waals surface area contributed by atoms with E-state index in [1.54, 1.807) is 7.11 Å². The number of anilines is 1. The molecule has 0 spiro atoms. The molecule has 1 rings (SSSR count). The van der Waals surface area contributed by atoms with E-state index >= 15 is 0 Å². The van der Waals surface area contributed by atoms with E-state index in [0.717, 1.165) is 17.0 Å². The third-order valence-corrected chi connectivity index (χ3v) is 2.83. The van der Waals surface area contributed by atoms with Crippen molar-refractivity contribution in [2.24, 2.45) is 0 Å². The van der Waals surface area contributed by atoms with Gasteiger partial charge in [0.2, 0.25) is 0 Å². The van der Waals surface area contributed by atoms with Crippen LogP contribution in [0.2, 0.25) is 0 Å². The quantitative estimate of drug-likeness (QED) is 0.844. The predicted molar refractivity (Wildman–Crippen MR) is 72.5 cm³/mol. The van der Waals surface area contributed by atoms with Crippen LogP contribution in [0.25, 0.3) is 0 Å².